The Balaban J connectivity index is 2.08. The maximum absolute atomic E-state index is 4.26. The molecular formula is C13H15Br2N3S. The number of aromatic nitrogens is 2. The highest BCUT2D eigenvalue weighted by molar-refractivity contribution is 9.11. The van der Waals surface area contributed by atoms with Crippen LogP contribution in [0.15, 0.2) is 27.1 Å². The second-order valence-corrected chi connectivity index (χ2v) is 7.48. The lowest BCUT2D eigenvalue weighted by atomic mass is 10.2. The zero-order valence-electron chi connectivity index (χ0n) is 10.8. The molecule has 0 atom stereocenters. The number of halogens is 2. The van der Waals surface area contributed by atoms with Crippen LogP contribution in [0.5, 0.6) is 0 Å². The third-order valence-corrected chi connectivity index (χ3v) is 4.56. The summed E-state index contributed by atoms with van der Waals surface area (Å²) in [5.41, 5.74) is 1.08. The molecule has 0 saturated carbocycles. The van der Waals surface area contributed by atoms with Gasteiger partial charge in [0.1, 0.15) is 10.0 Å². The van der Waals surface area contributed by atoms with Gasteiger partial charge in [0.15, 0.2) is 0 Å². The number of benzene rings is 1. The number of hydrogen-bond donors (Lipinski definition) is 1. The molecule has 0 unspecified atom stereocenters. The van der Waals surface area contributed by atoms with Crippen LogP contribution in [0, 0.1) is 5.92 Å². The monoisotopic (exact) mass is 403 g/mol. The van der Waals surface area contributed by atoms with Gasteiger partial charge < -0.3 is 5.32 Å². The molecule has 3 nitrogen and oxygen atoms in total. The molecule has 0 spiro atoms. The van der Waals surface area contributed by atoms with E-state index >= 15 is 0 Å². The summed E-state index contributed by atoms with van der Waals surface area (Å²) in [4.78, 5) is 0. The van der Waals surface area contributed by atoms with E-state index < -0.39 is 0 Å². The molecular weight excluding hydrogens is 390 g/mol. The fraction of sp³-hybridized carbons (Fsp3) is 0.385. The first kappa shape index (κ1) is 15.1. The lowest BCUT2D eigenvalue weighted by Gasteiger charge is -2.04. The van der Waals surface area contributed by atoms with Crippen molar-refractivity contribution in [1.29, 1.82) is 0 Å². The average Bonchev–Trinajstić information content (AvgIpc) is 2.77. The van der Waals surface area contributed by atoms with Gasteiger partial charge in [-0.25, -0.2) is 0 Å². The van der Waals surface area contributed by atoms with E-state index in [1.165, 1.54) is 0 Å². The van der Waals surface area contributed by atoms with Crippen LogP contribution in [0.1, 0.15) is 18.9 Å². The van der Waals surface area contributed by atoms with Gasteiger partial charge in [-0.05, 0) is 30.7 Å². The highest BCUT2D eigenvalue weighted by Crippen LogP contribution is 2.32. The molecule has 0 fully saturated rings. The molecule has 2 rings (SSSR count). The van der Waals surface area contributed by atoms with Crippen LogP contribution in [0.2, 0.25) is 0 Å². The normalized spacial score (nSPS) is 11.2. The molecule has 0 saturated heterocycles. The van der Waals surface area contributed by atoms with Gasteiger partial charge in [-0.1, -0.05) is 57.0 Å². The number of nitrogens with zero attached hydrogens (tertiary/aromatic N) is 2. The van der Waals surface area contributed by atoms with Crippen molar-refractivity contribution in [3.63, 3.8) is 0 Å². The van der Waals surface area contributed by atoms with Crippen molar-refractivity contribution < 1.29 is 0 Å². The Morgan fingerprint density at radius 2 is 2.05 bits per heavy atom. The molecule has 0 aliphatic heterocycles. The Morgan fingerprint density at radius 3 is 2.74 bits per heavy atom. The van der Waals surface area contributed by atoms with Crippen LogP contribution in [-0.2, 0) is 6.54 Å². The molecule has 1 aromatic heterocycles. The Hall–Kier alpha value is -0.300. The maximum atomic E-state index is 4.26. The highest BCUT2D eigenvalue weighted by atomic mass is 79.9. The molecule has 0 aliphatic rings. The van der Waals surface area contributed by atoms with Crippen molar-refractivity contribution in [3.05, 3.63) is 32.2 Å². The molecule has 1 heterocycles. The van der Waals surface area contributed by atoms with Crippen LogP contribution in [0.4, 0.5) is 0 Å². The van der Waals surface area contributed by atoms with Crippen LogP contribution in [0.25, 0.3) is 10.6 Å². The van der Waals surface area contributed by atoms with Crippen molar-refractivity contribution in [2.75, 3.05) is 6.54 Å². The van der Waals surface area contributed by atoms with Crippen molar-refractivity contribution >= 4 is 43.2 Å². The average molecular weight is 405 g/mol. The number of rotatable bonds is 5. The zero-order valence-corrected chi connectivity index (χ0v) is 14.8. The van der Waals surface area contributed by atoms with Crippen molar-refractivity contribution in [2.24, 2.45) is 5.92 Å². The van der Waals surface area contributed by atoms with E-state index in [0.29, 0.717) is 5.92 Å². The van der Waals surface area contributed by atoms with E-state index in [9.17, 15) is 0 Å². The first-order valence-corrected chi connectivity index (χ1v) is 8.45. The first-order valence-electron chi connectivity index (χ1n) is 6.05. The minimum Gasteiger partial charge on any atom is -0.310 e. The van der Waals surface area contributed by atoms with Crippen LogP contribution in [-0.4, -0.2) is 16.7 Å². The molecule has 1 aromatic carbocycles. The molecule has 19 heavy (non-hydrogen) atoms. The fourth-order valence-corrected chi connectivity index (χ4v) is 3.78. The van der Waals surface area contributed by atoms with Crippen LogP contribution in [0.3, 0.4) is 0 Å². The number of hydrogen-bond acceptors (Lipinski definition) is 4. The predicted octanol–water partition coefficient (Wildman–Crippen LogP) is 4.48. The lowest BCUT2D eigenvalue weighted by molar-refractivity contribution is 0.550. The van der Waals surface area contributed by atoms with Gasteiger partial charge in [0.2, 0.25) is 0 Å². The minimum atomic E-state index is 0.646. The summed E-state index contributed by atoms with van der Waals surface area (Å²) < 4.78 is 2.08. The SMILES string of the molecule is CC(C)CNCc1nnc(-c2ccc(Br)cc2Br)s1. The Bertz CT molecular complexity index is 555. The van der Waals surface area contributed by atoms with E-state index in [4.69, 9.17) is 0 Å². The van der Waals surface area contributed by atoms with Gasteiger partial charge in [-0.2, -0.15) is 0 Å². The van der Waals surface area contributed by atoms with Gasteiger partial charge in [0, 0.05) is 21.1 Å². The van der Waals surface area contributed by atoms with Gasteiger partial charge >= 0.3 is 0 Å². The molecule has 0 bridgehead atoms. The molecule has 0 amide bonds. The second kappa shape index (κ2) is 6.92. The van der Waals surface area contributed by atoms with Gasteiger partial charge in [0.25, 0.3) is 0 Å². The Labute approximate surface area is 134 Å². The van der Waals surface area contributed by atoms with E-state index in [1.807, 2.05) is 18.2 Å². The molecule has 1 N–H and O–H groups in total. The molecule has 0 aliphatic carbocycles. The first-order chi connectivity index (χ1) is 9.06. The summed E-state index contributed by atoms with van der Waals surface area (Å²) in [7, 11) is 0. The Kier molecular flexibility index (Phi) is 5.50. The highest BCUT2D eigenvalue weighted by Gasteiger charge is 2.10. The van der Waals surface area contributed by atoms with Crippen molar-refractivity contribution in [3.8, 4) is 10.6 Å². The second-order valence-electron chi connectivity index (χ2n) is 4.65. The quantitative estimate of drug-likeness (QED) is 0.798. The fourth-order valence-electron chi connectivity index (χ4n) is 1.56. The smallest absolute Gasteiger partial charge is 0.148 e. The van der Waals surface area contributed by atoms with Crippen LogP contribution >= 0.6 is 43.2 Å². The van der Waals surface area contributed by atoms with E-state index in [-0.39, 0.29) is 0 Å². The number of nitrogens with one attached hydrogen (secondary N) is 1. The molecule has 0 radical (unpaired) electrons. The standard InChI is InChI=1S/C13H15Br2N3S/c1-8(2)6-16-7-12-17-18-13(19-12)10-4-3-9(14)5-11(10)15/h3-5,8,16H,6-7H2,1-2H3. The van der Waals surface area contributed by atoms with Gasteiger partial charge in [0.05, 0.1) is 0 Å². The largest absolute Gasteiger partial charge is 0.310 e. The lowest BCUT2D eigenvalue weighted by Crippen LogP contribution is -2.18. The topological polar surface area (TPSA) is 37.8 Å². The predicted molar refractivity (Wildman–Crippen MR) is 87.3 cm³/mol. The summed E-state index contributed by atoms with van der Waals surface area (Å²) in [6, 6.07) is 6.08. The summed E-state index contributed by atoms with van der Waals surface area (Å²) in [6.07, 6.45) is 0. The third kappa shape index (κ3) is 4.34. The van der Waals surface area contributed by atoms with E-state index in [2.05, 4.69) is 61.2 Å². The van der Waals surface area contributed by atoms with Gasteiger partial charge in [-0.15, -0.1) is 10.2 Å². The molecule has 2 aromatic rings. The summed E-state index contributed by atoms with van der Waals surface area (Å²) in [5, 5.41) is 13.8. The van der Waals surface area contributed by atoms with E-state index in [0.717, 1.165) is 37.6 Å². The summed E-state index contributed by atoms with van der Waals surface area (Å²) >= 11 is 8.63. The summed E-state index contributed by atoms with van der Waals surface area (Å²) in [6.45, 7) is 6.16. The maximum Gasteiger partial charge on any atom is 0.148 e. The van der Waals surface area contributed by atoms with Gasteiger partial charge in [-0.3, -0.25) is 0 Å². The van der Waals surface area contributed by atoms with E-state index in [1.54, 1.807) is 11.3 Å². The Morgan fingerprint density at radius 1 is 1.26 bits per heavy atom. The molecule has 102 valence electrons. The third-order valence-electron chi connectivity index (χ3n) is 2.46. The summed E-state index contributed by atoms with van der Waals surface area (Å²) in [5.74, 6) is 0.646. The van der Waals surface area contributed by atoms with Crippen molar-refractivity contribution in [1.82, 2.24) is 15.5 Å². The van der Waals surface area contributed by atoms with Crippen LogP contribution < -0.4 is 5.32 Å². The molecule has 6 heteroatoms. The minimum absolute atomic E-state index is 0.646. The van der Waals surface area contributed by atoms with Crippen molar-refractivity contribution in [2.45, 2.75) is 20.4 Å². The zero-order chi connectivity index (χ0) is 13.8.